The zero-order valence-electron chi connectivity index (χ0n) is 14.6. The van der Waals surface area contributed by atoms with Crippen molar-refractivity contribution in [3.05, 3.63) is 64.6 Å². The van der Waals surface area contributed by atoms with E-state index in [2.05, 4.69) is 42.7 Å². The van der Waals surface area contributed by atoms with Gasteiger partial charge in [0.05, 0.1) is 0 Å². The summed E-state index contributed by atoms with van der Waals surface area (Å²) in [5, 5.41) is 2.92. The molecule has 1 unspecified atom stereocenters. The summed E-state index contributed by atoms with van der Waals surface area (Å²) in [7, 11) is 0.371. The van der Waals surface area contributed by atoms with Gasteiger partial charge in [-0.05, 0) is 47.4 Å². The number of nitrogens with zero attached hydrogens (tertiary/aromatic N) is 1. The smallest absolute Gasteiger partial charge is 0.106 e. The molecule has 2 aromatic rings. The molecule has 0 saturated heterocycles. The van der Waals surface area contributed by atoms with E-state index < -0.39 is 7.11 Å². The summed E-state index contributed by atoms with van der Waals surface area (Å²) in [6.45, 7) is 2.39. The van der Waals surface area contributed by atoms with Crippen LogP contribution in [-0.2, 0) is 17.5 Å². The van der Waals surface area contributed by atoms with Crippen molar-refractivity contribution in [1.82, 2.24) is 0 Å². The third-order valence-corrected chi connectivity index (χ3v) is 7.54. The zero-order valence-corrected chi connectivity index (χ0v) is 15.5. The van der Waals surface area contributed by atoms with Crippen LogP contribution in [0.15, 0.2) is 53.7 Å². The van der Waals surface area contributed by atoms with Crippen LogP contribution in [0, 0.1) is 4.91 Å². The van der Waals surface area contributed by atoms with Gasteiger partial charge in [0.2, 0.25) is 0 Å². The Labute approximate surface area is 145 Å². The fraction of sp³-hybridized carbons (Fsp3) is 0.350. The molecular formula is C20H26NO2P. The van der Waals surface area contributed by atoms with E-state index in [1.54, 1.807) is 7.11 Å². The molecule has 0 radical (unpaired) electrons. The molecule has 24 heavy (non-hydrogen) atoms. The van der Waals surface area contributed by atoms with Crippen molar-refractivity contribution in [2.75, 3.05) is 19.4 Å². The van der Waals surface area contributed by atoms with Crippen molar-refractivity contribution < 1.29 is 4.52 Å². The molecule has 0 spiro atoms. The van der Waals surface area contributed by atoms with E-state index >= 15 is 0 Å². The van der Waals surface area contributed by atoms with Crippen LogP contribution in [0.2, 0.25) is 0 Å². The van der Waals surface area contributed by atoms with E-state index in [9.17, 15) is 4.91 Å². The van der Waals surface area contributed by atoms with Crippen LogP contribution in [0.1, 0.15) is 24.5 Å². The molecule has 2 aromatic carbocycles. The second-order valence-corrected chi connectivity index (χ2v) is 9.63. The minimum absolute atomic E-state index is 0.231. The van der Waals surface area contributed by atoms with Gasteiger partial charge >= 0.3 is 0 Å². The Morgan fingerprint density at radius 1 is 1.00 bits per heavy atom. The average molecular weight is 343 g/mol. The highest BCUT2D eigenvalue weighted by Crippen LogP contribution is 2.45. The number of rotatable bonds is 9. The van der Waals surface area contributed by atoms with Crippen LogP contribution >= 0.6 is 7.11 Å². The molecule has 0 aliphatic rings. The topological polar surface area (TPSA) is 38.7 Å². The molecule has 1 atom stereocenters. The van der Waals surface area contributed by atoms with E-state index in [1.807, 2.05) is 24.3 Å². The van der Waals surface area contributed by atoms with E-state index in [1.165, 1.54) is 11.1 Å². The highest BCUT2D eigenvalue weighted by atomic mass is 31.2. The van der Waals surface area contributed by atoms with Crippen LogP contribution in [0.3, 0.4) is 0 Å². The van der Waals surface area contributed by atoms with Crippen molar-refractivity contribution in [3.63, 3.8) is 0 Å². The summed E-state index contributed by atoms with van der Waals surface area (Å²) in [5.74, 6) is 0. The van der Waals surface area contributed by atoms with Crippen molar-refractivity contribution >= 4 is 13.4 Å². The highest BCUT2D eigenvalue weighted by Gasteiger charge is 2.10. The van der Waals surface area contributed by atoms with Gasteiger partial charge in [0.1, 0.15) is 6.54 Å². The Balaban J connectivity index is 1.95. The Hall–Kier alpha value is -1.70. The molecule has 0 saturated carbocycles. The molecule has 4 heteroatoms. The van der Waals surface area contributed by atoms with Gasteiger partial charge in [0, 0.05) is 14.2 Å². The lowest BCUT2D eigenvalue weighted by atomic mass is 10.0. The van der Waals surface area contributed by atoms with Gasteiger partial charge in [-0.25, -0.2) is 0 Å². The lowest BCUT2D eigenvalue weighted by molar-refractivity contribution is 0.457. The van der Waals surface area contributed by atoms with Crippen LogP contribution in [0.25, 0.3) is 11.1 Å². The SMILES string of the molecule is C=P(CC)(CCCc1ccc(-c2ccc(CN=O)cc2)cc1)OC. The van der Waals surface area contributed by atoms with Crippen molar-refractivity contribution in [2.45, 2.75) is 26.3 Å². The van der Waals surface area contributed by atoms with Gasteiger partial charge in [-0.15, -0.1) is 0 Å². The summed E-state index contributed by atoms with van der Waals surface area (Å²) in [4.78, 5) is 10.3. The number of hydrogen-bond acceptors (Lipinski definition) is 3. The third-order valence-electron chi connectivity index (χ3n) is 4.48. The zero-order chi connectivity index (χ0) is 17.4. The molecule has 0 N–H and O–H groups in total. The first-order valence-electron chi connectivity index (χ1n) is 8.35. The molecule has 0 amide bonds. The fourth-order valence-electron chi connectivity index (χ4n) is 2.69. The van der Waals surface area contributed by atoms with Crippen LogP contribution < -0.4 is 0 Å². The number of benzene rings is 2. The van der Waals surface area contributed by atoms with Gasteiger partial charge in [-0.1, -0.05) is 66.9 Å². The van der Waals surface area contributed by atoms with Gasteiger partial charge in [0.15, 0.2) is 0 Å². The quantitative estimate of drug-likeness (QED) is 0.440. The number of aryl methyl sites for hydroxylation is 1. The van der Waals surface area contributed by atoms with Gasteiger partial charge < -0.3 is 4.52 Å². The predicted molar refractivity (Wildman–Crippen MR) is 106 cm³/mol. The largest absolute Gasteiger partial charge is 0.365 e. The van der Waals surface area contributed by atoms with Gasteiger partial charge in [0.25, 0.3) is 0 Å². The van der Waals surface area contributed by atoms with E-state index in [4.69, 9.17) is 4.52 Å². The fourth-order valence-corrected chi connectivity index (χ4v) is 4.18. The molecule has 0 bridgehead atoms. The second-order valence-electron chi connectivity index (χ2n) is 6.07. The number of hydrogen-bond donors (Lipinski definition) is 0. The molecule has 0 aliphatic heterocycles. The molecule has 2 rings (SSSR count). The van der Waals surface area contributed by atoms with Crippen LogP contribution in [0.4, 0.5) is 0 Å². The third kappa shape index (κ3) is 5.15. The minimum Gasteiger partial charge on any atom is -0.365 e. The number of nitroso groups, excluding NO2 is 1. The molecule has 0 fully saturated rings. The molecule has 0 aliphatic carbocycles. The predicted octanol–water partition coefficient (Wildman–Crippen LogP) is 5.58. The molecule has 0 aromatic heterocycles. The summed E-state index contributed by atoms with van der Waals surface area (Å²) >= 11 is 0. The van der Waals surface area contributed by atoms with E-state index in [0.717, 1.165) is 36.3 Å². The van der Waals surface area contributed by atoms with E-state index in [-0.39, 0.29) is 6.54 Å². The van der Waals surface area contributed by atoms with Crippen molar-refractivity contribution in [2.24, 2.45) is 5.18 Å². The van der Waals surface area contributed by atoms with Crippen molar-refractivity contribution in [1.29, 1.82) is 0 Å². The standard InChI is InChI=1S/C20H26NO2P/c1-4-24(3,23-2)15-5-6-17-7-11-19(12-8-17)20-13-9-18(10-14-20)16-21-22/h7-14H,3-6,15-16H2,1-2H3. The Bertz CT molecular complexity index is 685. The Kier molecular flexibility index (Phi) is 6.96. The van der Waals surface area contributed by atoms with Crippen LogP contribution in [0.5, 0.6) is 0 Å². The molecule has 128 valence electrons. The maximum absolute atomic E-state index is 10.3. The monoisotopic (exact) mass is 343 g/mol. The molecular weight excluding hydrogens is 317 g/mol. The Morgan fingerprint density at radius 3 is 2.00 bits per heavy atom. The van der Waals surface area contributed by atoms with Crippen molar-refractivity contribution in [3.8, 4) is 11.1 Å². The second kappa shape index (κ2) is 8.96. The normalized spacial score (nSPS) is 13.4. The first-order chi connectivity index (χ1) is 11.6. The highest BCUT2D eigenvalue weighted by molar-refractivity contribution is 7.69. The van der Waals surface area contributed by atoms with Gasteiger partial charge in [-0.2, -0.15) is 4.91 Å². The summed E-state index contributed by atoms with van der Waals surface area (Å²) in [6, 6.07) is 16.7. The van der Waals surface area contributed by atoms with E-state index in [0.29, 0.717) is 0 Å². The summed E-state index contributed by atoms with van der Waals surface area (Å²) in [5.41, 5.74) is 4.64. The lowest BCUT2D eigenvalue weighted by Gasteiger charge is -2.20. The van der Waals surface area contributed by atoms with Gasteiger partial charge in [-0.3, -0.25) is 0 Å². The Morgan fingerprint density at radius 2 is 1.54 bits per heavy atom. The maximum Gasteiger partial charge on any atom is 0.106 e. The molecule has 3 nitrogen and oxygen atoms in total. The van der Waals surface area contributed by atoms with Crippen LogP contribution in [-0.4, -0.2) is 25.7 Å². The lowest BCUT2D eigenvalue weighted by Crippen LogP contribution is -1.97. The first-order valence-corrected chi connectivity index (χ1v) is 10.6. The molecule has 0 heterocycles. The maximum atomic E-state index is 10.3. The summed E-state index contributed by atoms with van der Waals surface area (Å²) < 4.78 is 5.60. The minimum atomic E-state index is -1.42. The average Bonchev–Trinajstić information content (AvgIpc) is 2.63. The summed E-state index contributed by atoms with van der Waals surface area (Å²) in [6.07, 6.45) is 8.57. The first kappa shape index (κ1) is 18.6.